The fraction of sp³-hybridized carbons (Fsp3) is 0.818. The first kappa shape index (κ1) is 12.4. The minimum absolute atomic E-state index is 0.360. The average Bonchev–Trinajstić information content (AvgIpc) is 2.41. The van der Waals surface area contributed by atoms with Crippen LogP contribution in [0.1, 0.15) is 52.4 Å². The van der Waals surface area contributed by atoms with Crippen molar-refractivity contribution in [2.75, 3.05) is 0 Å². The lowest BCUT2D eigenvalue weighted by Crippen LogP contribution is -2.37. The topological polar surface area (TPSA) is 36.4 Å². The molecule has 3 nitrogen and oxygen atoms in total. The van der Waals surface area contributed by atoms with Crippen LogP contribution in [-0.2, 0) is 0 Å². The van der Waals surface area contributed by atoms with E-state index in [9.17, 15) is 0 Å². The largest absolute Gasteiger partial charge is 0.359 e. The Morgan fingerprint density at radius 3 is 2.33 bits per heavy atom. The minimum Gasteiger partial charge on any atom is -0.359 e. The standard InChI is InChI=1S/C11H21N3S/c1-9(2)12-11(15)14-13-10-7-5-3-4-6-8-10/h9H,3-8H2,1-2H3,(H2,12,14,15). The summed E-state index contributed by atoms with van der Waals surface area (Å²) < 4.78 is 0. The van der Waals surface area contributed by atoms with E-state index in [1.54, 1.807) is 0 Å². The summed E-state index contributed by atoms with van der Waals surface area (Å²) >= 11 is 5.10. The molecule has 1 aliphatic carbocycles. The molecule has 1 aliphatic rings. The number of hydrogen-bond acceptors (Lipinski definition) is 2. The van der Waals surface area contributed by atoms with Crippen LogP contribution in [0, 0.1) is 0 Å². The number of rotatable bonds is 2. The molecular weight excluding hydrogens is 206 g/mol. The molecular formula is C11H21N3S. The van der Waals surface area contributed by atoms with Gasteiger partial charge in [-0.3, -0.25) is 5.43 Å². The van der Waals surface area contributed by atoms with Crippen molar-refractivity contribution < 1.29 is 0 Å². The Morgan fingerprint density at radius 2 is 1.80 bits per heavy atom. The first-order valence-electron chi connectivity index (χ1n) is 5.80. The van der Waals surface area contributed by atoms with E-state index < -0.39 is 0 Å². The molecule has 0 saturated heterocycles. The van der Waals surface area contributed by atoms with E-state index in [0.29, 0.717) is 11.2 Å². The van der Waals surface area contributed by atoms with Crippen LogP contribution in [0.3, 0.4) is 0 Å². The minimum atomic E-state index is 0.360. The lowest BCUT2D eigenvalue weighted by molar-refractivity contribution is 0.702. The lowest BCUT2D eigenvalue weighted by Gasteiger charge is -2.10. The second-order valence-corrected chi connectivity index (χ2v) is 4.74. The molecule has 2 N–H and O–H groups in total. The number of hydrazone groups is 1. The zero-order valence-corrected chi connectivity index (χ0v) is 10.5. The maximum absolute atomic E-state index is 5.10. The lowest BCUT2D eigenvalue weighted by atomic mass is 10.2. The van der Waals surface area contributed by atoms with Gasteiger partial charge in [-0.05, 0) is 51.7 Å². The van der Waals surface area contributed by atoms with Crippen molar-refractivity contribution in [2.24, 2.45) is 5.10 Å². The van der Waals surface area contributed by atoms with Crippen LogP contribution in [0.4, 0.5) is 0 Å². The number of hydrogen-bond donors (Lipinski definition) is 2. The average molecular weight is 227 g/mol. The molecule has 0 spiro atoms. The molecule has 0 radical (unpaired) electrons. The van der Waals surface area contributed by atoms with E-state index in [2.05, 4.69) is 29.7 Å². The predicted molar refractivity (Wildman–Crippen MR) is 69.1 cm³/mol. The number of nitrogens with one attached hydrogen (secondary N) is 2. The van der Waals surface area contributed by atoms with Gasteiger partial charge in [-0.25, -0.2) is 0 Å². The maximum Gasteiger partial charge on any atom is 0.187 e. The monoisotopic (exact) mass is 227 g/mol. The highest BCUT2D eigenvalue weighted by Gasteiger charge is 2.05. The van der Waals surface area contributed by atoms with Gasteiger partial charge in [0.15, 0.2) is 5.11 Å². The zero-order chi connectivity index (χ0) is 11.1. The highest BCUT2D eigenvalue weighted by molar-refractivity contribution is 7.80. The normalized spacial score (nSPS) is 17.1. The summed E-state index contributed by atoms with van der Waals surface area (Å²) in [4.78, 5) is 0. The van der Waals surface area contributed by atoms with Crippen LogP contribution < -0.4 is 10.7 Å². The molecule has 4 heteroatoms. The molecule has 0 heterocycles. The van der Waals surface area contributed by atoms with Crippen molar-refractivity contribution in [1.82, 2.24) is 10.7 Å². The fourth-order valence-electron chi connectivity index (χ4n) is 1.67. The van der Waals surface area contributed by atoms with Gasteiger partial charge in [-0.15, -0.1) is 0 Å². The van der Waals surface area contributed by atoms with Crippen LogP contribution in [0.25, 0.3) is 0 Å². The molecule has 0 aliphatic heterocycles. The van der Waals surface area contributed by atoms with E-state index in [1.807, 2.05) is 0 Å². The molecule has 86 valence electrons. The summed E-state index contributed by atoms with van der Waals surface area (Å²) in [6.07, 6.45) is 7.46. The molecule has 0 aromatic rings. The Labute approximate surface area is 97.7 Å². The highest BCUT2D eigenvalue weighted by Crippen LogP contribution is 2.14. The molecule has 15 heavy (non-hydrogen) atoms. The summed E-state index contributed by atoms with van der Waals surface area (Å²) in [5, 5.41) is 8.10. The van der Waals surface area contributed by atoms with Crippen LogP contribution in [0.15, 0.2) is 5.10 Å². The van der Waals surface area contributed by atoms with Crippen molar-refractivity contribution in [1.29, 1.82) is 0 Å². The highest BCUT2D eigenvalue weighted by atomic mass is 32.1. The van der Waals surface area contributed by atoms with Crippen molar-refractivity contribution in [2.45, 2.75) is 58.4 Å². The molecule has 0 aromatic carbocycles. The smallest absolute Gasteiger partial charge is 0.187 e. The second-order valence-electron chi connectivity index (χ2n) is 4.33. The number of nitrogens with zero attached hydrogens (tertiary/aromatic N) is 1. The summed E-state index contributed by atoms with van der Waals surface area (Å²) in [6, 6.07) is 0.360. The van der Waals surface area contributed by atoms with Crippen LogP contribution in [-0.4, -0.2) is 16.9 Å². The van der Waals surface area contributed by atoms with E-state index in [4.69, 9.17) is 12.2 Å². The molecule has 0 atom stereocenters. The quantitative estimate of drug-likeness (QED) is 0.432. The zero-order valence-electron chi connectivity index (χ0n) is 9.68. The molecule has 0 unspecified atom stereocenters. The maximum atomic E-state index is 5.10. The molecule has 1 saturated carbocycles. The third-order valence-corrected chi connectivity index (χ3v) is 2.63. The van der Waals surface area contributed by atoms with Crippen molar-refractivity contribution in [3.8, 4) is 0 Å². The van der Waals surface area contributed by atoms with E-state index in [-0.39, 0.29) is 0 Å². The van der Waals surface area contributed by atoms with Gasteiger partial charge in [-0.1, -0.05) is 12.8 Å². The molecule has 1 fully saturated rings. The van der Waals surface area contributed by atoms with Crippen molar-refractivity contribution in [3.63, 3.8) is 0 Å². The molecule has 0 amide bonds. The van der Waals surface area contributed by atoms with E-state index in [1.165, 1.54) is 31.4 Å². The van der Waals surface area contributed by atoms with Crippen molar-refractivity contribution in [3.05, 3.63) is 0 Å². The van der Waals surface area contributed by atoms with Gasteiger partial charge in [0.25, 0.3) is 0 Å². The molecule has 1 rings (SSSR count). The Morgan fingerprint density at radius 1 is 1.20 bits per heavy atom. The Hall–Kier alpha value is -0.640. The van der Waals surface area contributed by atoms with E-state index >= 15 is 0 Å². The van der Waals surface area contributed by atoms with Gasteiger partial charge < -0.3 is 5.32 Å². The SMILES string of the molecule is CC(C)NC(=S)NN=C1CCCCCC1. The Balaban J connectivity index is 2.31. The first-order chi connectivity index (χ1) is 7.18. The second kappa shape index (κ2) is 6.77. The fourth-order valence-corrected chi connectivity index (χ4v) is 1.95. The Bertz CT molecular complexity index is 226. The summed E-state index contributed by atoms with van der Waals surface area (Å²) in [7, 11) is 0. The summed E-state index contributed by atoms with van der Waals surface area (Å²) in [6.45, 7) is 4.12. The Kier molecular flexibility index (Phi) is 5.61. The number of thiocarbonyl (C=S) groups is 1. The third-order valence-electron chi connectivity index (χ3n) is 2.42. The van der Waals surface area contributed by atoms with Crippen LogP contribution >= 0.6 is 12.2 Å². The van der Waals surface area contributed by atoms with Crippen molar-refractivity contribution >= 4 is 23.0 Å². The summed E-state index contributed by atoms with van der Waals surface area (Å²) in [5.74, 6) is 0. The predicted octanol–water partition coefficient (Wildman–Crippen LogP) is 2.57. The molecule has 0 aromatic heterocycles. The first-order valence-corrected chi connectivity index (χ1v) is 6.21. The van der Waals surface area contributed by atoms with E-state index in [0.717, 1.165) is 12.8 Å². The molecule has 0 bridgehead atoms. The summed E-state index contributed by atoms with van der Waals surface area (Å²) in [5.41, 5.74) is 4.18. The van der Waals surface area contributed by atoms with Gasteiger partial charge in [0.05, 0.1) is 0 Å². The third kappa shape index (κ3) is 5.72. The van der Waals surface area contributed by atoms with Crippen LogP contribution in [0.2, 0.25) is 0 Å². The van der Waals surface area contributed by atoms with Gasteiger partial charge in [0, 0.05) is 11.8 Å². The van der Waals surface area contributed by atoms with Gasteiger partial charge in [-0.2, -0.15) is 5.10 Å². The van der Waals surface area contributed by atoms with Gasteiger partial charge >= 0.3 is 0 Å². The van der Waals surface area contributed by atoms with Gasteiger partial charge in [0.2, 0.25) is 0 Å². The van der Waals surface area contributed by atoms with Gasteiger partial charge in [0.1, 0.15) is 0 Å². The van der Waals surface area contributed by atoms with Crippen LogP contribution in [0.5, 0.6) is 0 Å².